The van der Waals surface area contributed by atoms with Gasteiger partial charge in [0.15, 0.2) is 0 Å². The molecule has 58 valence electrons. The minimum absolute atomic E-state index is 0.281. The molecule has 0 aromatic carbocycles. The monoisotopic (exact) mass is 140 g/mol. The third-order valence-corrected chi connectivity index (χ3v) is 1.36. The second kappa shape index (κ2) is 5.32. The highest BCUT2D eigenvalue weighted by molar-refractivity contribution is 5.02. The van der Waals surface area contributed by atoms with Crippen LogP contribution in [0.3, 0.4) is 0 Å². The Bertz CT molecular complexity index is 127. The van der Waals surface area contributed by atoms with Crippen LogP contribution < -0.4 is 0 Å². The van der Waals surface area contributed by atoms with Crippen molar-refractivity contribution in [2.24, 2.45) is 5.92 Å². The normalized spacial score (nSPS) is 15.2. The van der Waals surface area contributed by atoms with Gasteiger partial charge in [0.25, 0.3) is 0 Å². The molecule has 0 aromatic rings. The van der Waals surface area contributed by atoms with Crippen molar-refractivity contribution in [3.63, 3.8) is 0 Å². The largest absolute Gasteiger partial charge is 0.392 e. The van der Waals surface area contributed by atoms with Crippen LogP contribution in [0.1, 0.15) is 33.6 Å². The van der Waals surface area contributed by atoms with Crippen LogP contribution in [0.2, 0.25) is 0 Å². The van der Waals surface area contributed by atoms with Gasteiger partial charge >= 0.3 is 0 Å². The molecule has 0 saturated heterocycles. The van der Waals surface area contributed by atoms with Crippen LogP contribution in [0, 0.1) is 17.8 Å². The standard InChI is InChI=1S/C9H16O/c1-4-8(2)6-5-7-9(3)10/h8-10H,4,7H2,1-3H3/t8-,9?/m0/s1. The molecule has 0 radical (unpaired) electrons. The number of hydrogen-bond donors (Lipinski definition) is 1. The minimum atomic E-state index is -0.281. The van der Waals surface area contributed by atoms with E-state index in [4.69, 9.17) is 5.11 Å². The molecule has 1 heteroatoms. The maximum atomic E-state index is 8.84. The molecule has 0 heterocycles. The van der Waals surface area contributed by atoms with Gasteiger partial charge in [-0.2, -0.15) is 0 Å². The molecule has 0 amide bonds. The summed E-state index contributed by atoms with van der Waals surface area (Å²) < 4.78 is 0. The van der Waals surface area contributed by atoms with Crippen LogP contribution in [-0.4, -0.2) is 11.2 Å². The Hall–Kier alpha value is -0.480. The molecule has 0 bridgehead atoms. The van der Waals surface area contributed by atoms with E-state index in [0.717, 1.165) is 6.42 Å². The van der Waals surface area contributed by atoms with E-state index in [9.17, 15) is 0 Å². The Balaban J connectivity index is 3.48. The van der Waals surface area contributed by atoms with Gasteiger partial charge in [-0.05, 0) is 13.3 Å². The van der Waals surface area contributed by atoms with Crippen LogP contribution in [0.25, 0.3) is 0 Å². The summed E-state index contributed by atoms with van der Waals surface area (Å²) in [6, 6.07) is 0. The summed E-state index contributed by atoms with van der Waals surface area (Å²) in [5.41, 5.74) is 0. The summed E-state index contributed by atoms with van der Waals surface area (Å²) in [5, 5.41) is 8.84. The van der Waals surface area contributed by atoms with Gasteiger partial charge in [0.1, 0.15) is 0 Å². The predicted molar refractivity (Wildman–Crippen MR) is 43.5 cm³/mol. The minimum Gasteiger partial charge on any atom is -0.392 e. The lowest BCUT2D eigenvalue weighted by Crippen LogP contribution is -1.96. The molecule has 0 saturated carbocycles. The van der Waals surface area contributed by atoms with E-state index < -0.39 is 0 Å². The molecular weight excluding hydrogens is 124 g/mol. The summed E-state index contributed by atoms with van der Waals surface area (Å²) in [6.07, 6.45) is 1.41. The van der Waals surface area contributed by atoms with Crippen molar-refractivity contribution in [1.29, 1.82) is 0 Å². The first-order valence-electron chi connectivity index (χ1n) is 3.83. The summed E-state index contributed by atoms with van der Waals surface area (Å²) in [7, 11) is 0. The molecule has 0 aromatic heterocycles. The third kappa shape index (κ3) is 5.65. The van der Waals surface area contributed by atoms with E-state index in [2.05, 4.69) is 25.7 Å². The molecule has 1 unspecified atom stereocenters. The maximum Gasteiger partial charge on any atom is 0.0621 e. The fourth-order valence-electron chi connectivity index (χ4n) is 0.483. The first kappa shape index (κ1) is 9.52. The number of aliphatic hydroxyl groups is 1. The topological polar surface area (TPSA) is 20.2 Å². The van der Waals surface area contributed by atoms with Gasteiger partial charge in [-0.3, -0.25) is 0 Å². The molecule has 0 aliphatic heterocycles. The summed E-state index contributed by atoms with van der Waals surface area (Å²) in [4.78, 5) is 0. The van der Waals surface area contributed by atoms with E-state index in [-0.39, 0.29) is 6.10 Å². The zero-order valence-electron chi connectivity index (χ0n) is 7.02. The Morgan fingerprint density at radius 3 is 2.40 bits per heavy atom. The Labute approximate surface area is 63.5 Å². The van der Waals surface area contributed by atoms with Gasteiger partial charge in [0, 0.05) is 12.3 Å². The van der Waals surface area contributed by atoms with Crippen molar-refractivity contribution in [2.75, 3.05) is 0 Å². The highest BCUT2D eigenvalue weighted by Crippen LogP contribution is 1.97. The van der Waals surface area contributed by atoms with E-state index >= 15 is 0 Å². The first-order valence-corrected chi connectivity index (χ1v) is 3.83. The second-order valence-electron chi connectivity index (χ2n) is 2.68. The zero-order chi connectivity index (χ0) is 7.98. The van der Waals surface area contributed by atoms with Gasteiger partial charge in [0.2, 0.25) is 0 Å². The van der Waals surface area contributed by atoms with E-state index in [1.165, 1.54) is 0 Å². The fourth-order valence-corrected chi connectivity index (χ4v) is 0.483. The lowest BCUT2D eigenvalue weighted by Gasteiger charge is -1.96. The molecule has 0 spiro atoms. The SMILES string of the molecule is CC[C@H](C)C#CCC(C)O. The van der Waals surface area contributed by atoms with Crippen LogP contribution in [0.15, 0.2) is 0 Å². The van der Waals surface area contributed by atoms with Crippen LogP contribution in [0.4, 0.5) is 0 Å². The number of hydrogen-bond acceptors (Lipinski definition) is 1. The Morgan fingerprint density at radius 2 is 2.00 bits per heavy atom. The van der Waals surface area contributed by atoms with E-state index in [0.29, 0.717) is 12.3 Å². The van der Waals surface area contributed by atoms with Crippen LogP contribution >= 0.6 is 0 Å². The smallest absolute Gasteiger partial charge is 0.0621 e. The summed E-state index contributed by atoms with van der Waals surface area (Å²) in [6.45, 7) is 5.96. The van der Waals surface area contributed by atoms with Crippen molar-refractivity contribution in [1.82, 2.24) is 0 Å². The average molecular weight is 140 g/mol. The quantitative estimate of drug-likeness (QED) is 0.580. The molecule has 0 rings (SSSR count). The third-order valence-electron chi connectivity index (χ3n) is 1.36. The van der Waals surface area contributed by atoms with Crippen molar-refractivity contribution < 1.29 is 5.11 Å². The Morgan fingerprint density at radius 1 is 1.40 bits per heavy atom. The van der Waals surface area contributed by atoms with Crippen LogP contribution in [0.5, 0.6) is 0 Å². The van der Waals surface area contributed by atoms with Crippen LogP contribution in [-0.2, 0) is 0 Å². The lowest BCUT2D eigenvalue weighted by molar-refractivity contribution is 0.201. The molecule has 0 fully saturated rings. The molecule has 0 aliphatic rings. The van der Waals surface area contributed by atoms with E-state index in [1.807, 2.05) is 0 Å². The van der Waals surface area contributed by atoms with Gasteiger partial charge in [0.05, 0.1) is 6.10 Å². The molecule has 0 aliphatic carbocycles. The van der Waals surface area contributed by atoms with Gasteiger partial charge < -0.3 is 5.11 Å². The van der Waals surface area contributed by atoms with Crippen molar-refractivity contribution in [3.8, 4) is 11.8 Å². The zero-order valence-corrected chi connectivity index (χ0v) is 7.02. The predicted octanol–water partition coefficient (Wildman–Crippen LogP) is 1.81. The number of aliphatic hydroxyl groups excluding tert-OH is 1. The summed E-state index contributed by atoms with van der Waals surface area (Å²) >= 11 is 0. The number of rotatable bonds is 2. The highest BCUT2D eigenvalue weighted by Gasteiger charge is 1.91. The maximum absolute atomic E-state index is 8.84. The lowest BCUT2D eigenvalue weighted by atomic mass is 10.1. The molecule has 2 atom stereocenters. The van der Waals surface area contributed by atoms with Gasteiger partial charge in [-0.25, -0.2) is 0 Å². The van der Waals surface area contributed by atoms with Gasteiger partial charge in [-0.1, -0.05) is 13.8 Å². The molecule has 10 heavy (non-hydrogen) atoms. The first-order chi connectivity index (χ1) is 4.66. The highest BCUT2D eigenvalue weighted by atomic mass is 16.3. The van der Waals surface area contributed by atoms with Crippen molar-refractivity contribution in [3.05, 3.63) is 0 Å². The second-order valence-corrected chi connectivity index (χ2v) is 2.68. The average Bonchev–Trinajstić information content (AvgIpc) is 1.87. The van der Waals surface area contributed by atoms with Gasteiger partial charge in [-0.15, -0.1) is 11.8 Å². The van der Waals surface area contributed by atoms with Crippen molar-refractivity contribution >= 4 is 0 Å². The summed E-state index contributed by atoms with van der Waals surface area (Å²) in [5.74, 6) is 6.46. The fraction of sp³-hybridized carbons (Fsp3) is 0.778. The molecule has 1 N–H and O–H groups in total. The van der Waals surface area contributed by atoms with Crippen molar-refractivity contribution in [2.45, 2.75) is 39.7 Å². The Kier molecular flexibility index (Phi) is 5.06. The molecule has 1 nitrogen and oxygen atoms in total. The van der Waals surface area contributed by atoms with E-state index in [1.54, 1.807) is 6.92 Å². The molecular formula is C9H16O.